The van der Waals surface area contributed by atoms with Crippen LogP contribution in [0.1, 0.15) is 40.9 Å². The number of benzene rings is 2. The van der Waals surface area contributed by atoms with Gasteiger partial charge in [0, 0.05) is 12.5 Å². The maximum absolute atomic E-state index is 12.7. The van der Waals surface area contributed by atoms with E-state index < -0.39 is 0 Å². The Morgan fingerprint density at radius 1 is 1.12 bits per heavy atom. The smallest absolute Gasteiger partial charge is 0.256 e. The lowest BCUT2D eigenvalue weighted by atomic mass is 9.96. The number of para-hydroxylation sites is 1. The molecule has 0 aliphatic carbocycles. The van der Waals surface area contributed by atoms with Crippen molar-refractivity contribution in [3.8, 4) is 5.69 Å². The van der Waals surface area contributed by atoms with E-state index in [1.807, 2.05) is 48.5 Å². The second-order valence-electron chi connectivity index (χ2n) is 6.22. The zero-order valence-corrected chi connectivity index (χ0v) is 15.7. The van der Waals surface area contributed by atoms with Crippen molar-refractivity contribution in [1.29, 1.82) is 0 Å². The molecule has 0 radical (unpaired) electrons. The number of aryl methyl sites for hydroxylation is 1. The predicted octanol–water partition coefficient (Wildman–Crippen LogP) is 4.76. The molecule has 3 aromatic rings. The maximum Gasteiger partial charge on any atom is 0.256 e. The first-order valence-corrected chi connectivity index (χ1v) is 9.13. The van der Waals surface area contributed by atoms with E-state index >= 15 is 0 Å². The fraction of sp³-hybridized carbons (Fsp3) is 0.238. The van der Waals surface area contributed by atoms with E-state index in [-0.39, 0.29) is 11.8 Å². The van der Waals surface area contributed by atoms with E-state index in [0.717, 1.165) is 12.1 Å². The molecule has 1 N–H and O–H groups in total. The van der Waals surface area contributed by atoms with Crippen molar-refractivity contribution >= 4 is 17.5 Å². The zero-order valence-electron chi connectivity index (χ0n) is 14.9. The number of rotatable bonds is 6. The van der Waals surface area contributed by atoms with E-state index in [2.05, 4.69) is 29.5 Å². The minimum Gasteiger partial charge on any atom is -0.351 e. The molecule has 1 heterocycles. The molecule has 26 heavy (non-hydrogen) atoms. The molecule has 3 rings (SSSR count). The van der Waals surface area contributed by atoms with Gasteiger partial charge in [-0.25, -0.2) is 4.68 Å². The third kappa shape index (κ3) is 3.81. The number of hydrogen-bond donors (Lipinski definition) is 1. The molecule has 4 nitrogen and oxygen atoms in total. The van der Waals surface area contributed by atoms with E-state index in [0.29, 0.717) is 23.0 Å². The molecule has 0 saturated heterocycles. The average Bonchev–Trinajstić information content (AvgIpc) is 2.98. The first-order chi connectivity index (χ1) is 12.6. The van der Waals surface area contributed by atoms with E-state index in [1.165, 1.54) is 5.56 Å². The monoisotopic (exact) mass is 367 g/mol. The van der Waals surface area contributed by atoms with Crippen LogP contribution < -0.4 is 5.32 Å². The van der Waals surface area contributed by atoms with Crippen LogP contribution in [-0.2, 0) is 0 Å². The third-order valence-electron chi connectivity index (χ3n) is 4.50. The van der Waals surface area contributed by atoms with Crippen LogP contribution in [-0.4, -0.2) is 22.2 Å². The molecule has 2 aromatic carbocycles. The topological polar surface area (TPSA) is 46.9 Å². The molecule has 134 valence electrons. The highest BCUT2D eigenvalue weighted by molar-refractivity contribution is 6.33. The number of aromatic nitrogens is 2. The van der Waals surface area contributed by atoms with Gasteiger partial charge in [0.15, 0.2) is 0 Å². The van der Waals surface area contributed by atoms with Gasteiger partial charge in [0.2, 0.25) is 0 Å². The van der Waals surface area contributed by atoms with Crippen molar-refractivity contribution < 1.29 is 4.79 Å². The molecule has 0 aliphatic heterocycles. The van der Waals surface area contributed by atoms with Crippen LogP contribution in [0.3, 0.4) is 0 Å². The summed E-state index contributed by atoms with van der Waals surface area (Å²) in [7, 11) is 0. The van der Waals surface area contributed by atoms with Crippen molar-refractivity contribution in [1.82, 2.24) is 15.1 Å². The van der Waals surface area contributed by atoms with Gasteiger partial charge in [-0.3, -0.25) is 4.79 Å². The molecule has 1 amide bonds. The van der Waals surface area contributed by atoms with Crippen LogP contribution in [0.2, 0.25) is 5.15 Å². The molecule has 5 heteroatoms. The van der Waals surface area contributed by atoms with Gasteiger partial charge >= 0.3 is 0 Å². The van der Waals surface area contributed by atoms with Crippen LogP contribution in [0.25, 0.3) is 5.69 Å². The lowest BCUT2D eigenvalue weighted by molar-refractivity contribution is 0.0950. The van der Waals surface area contributed by atoms with E-state index in [4.69, 9.17) is 11.6 Å². The minimum atomic E-state index is -0.191. The van der Waals surface area contributed by atoms with Crippen molar-refractivity contribution in [3.05, 3.63) is 82.6 Å². The van der Waals surface area contributed by atoms with Crippen molar-refractivity contribution in [3.63, 3.8) is 0 Å². The number of amides is 1. The number of hydrogen-bond acceptors (Lipinski definition) is 2. The Morgan fingerprint density at radius 2 is 1.73 bits per heavy atom. The summed E-state index contributed by atoms with van der Waals surface area (Å²) in [6, 6.07) is 19.8. The molecule has 0 fully saturated rings. The van der Waals surface area contributed by atoms with Crippen LogP contribution in [0.5, 0.6) is 0 Å². The molecule has 0 aliphatic rings. The summed E-state index contributed by atoms with van der Waals surface area (Å²) < 4.78 is 1.60. The van der Waals surface area contributed by atoms with Crippen LogP contribution in [0, 0.1) is 6.92 Å². The summed E-state index contributed by atoms with van der Waals surface area (Å²) >= 11 is 6.46. The summed E-state index contributed by atoms with van der Waals surface area (Å²) in [6.45, 7) is 4.48. The lowest BCUT2D eigenvalue weighted by Crippen LogP contribution is -2.28. The highest BCUT2D eigenvalue weighted by Gasteiger charge is 2.21. The first kappa shape index (κ1) is 18.2. The molecular weight excluding hydrogens is 346 g/mol. The third-order valence-corrected chi connectivity index (χ3v) is 4.85. The molecular formula is C21H22ClN3O. The highest BCUT2D eigenvalue weighted by atomic mass is 35.5. The number of nitrogens with zero attached hydrogens (tertiary/aromatic N) is 2. The van der Waals surface area contributed by atoms with Gasteiger partial charge in [0.25, 0.3) is 5.91 Å². The summed E-state index contributed by atoms with van der Waals surface area (Å²) in [5, 5.41) is 7.78. The molecule has 0 spiro atoms. The quantitative estimate of drug-likeness (QED) is 0.682. The normalized spacial score (nSPS) is 12.0. The van der Waals surface area contributed by atoms with Gasteiger partial charge < -0.3 is 5.32 Å². The van der Waals surface area contributed by atoms with Crippen LogP contribution in [0.4, 0.5) is 0 Å². The second-order valence-corrected chi connectivity index (χ2v) is 6.58. The Balaban J connectivity index is 1.77. The molecule has 0 bridgehead atoms. The van der Waals surface area contributed by atoms with Crippen molar-refractivity contribution in [2.24, 2.45) is 0 Å². The van der Waals surface area contributed by atoms with Gasteiger partial charge in [-0.05, 0) is 31.0 Å². The van der Waals surface area contributed by atoms with E-state index in [1.54, 1.807) is 11.6 Å². The summed E-state index contributed by atoms with van der Waals surface area (Å²) in [5.41, 5.74) is 3.09. The molecule has 0 saturated carbocycles. The fourth-order valence-corrected chi connectivity index (χ4v) is 3.38. The Morgan fingerprint density at radius 3 is 2.35 bits per heavy atom. The molecule has 1 atom stereocenters. The zero-order chi connectivity index (χ0) is 18.5. The van der Waals surface area contributed by atoms with Gasteiger partial charge in [-0.2, -0.15) is 5.10 Å². The Kier molecular flexibility index (Phi) is 5.74. The largest absolute Gasteiger partial charge is 0.351 e. The van der Waals surface area contributed by atoms with Gasteiger partial charge in [-0.1, -0.05) is 67.1 Å². The number of nitrogens with one attached hydrogen (secondary N) is 1. The van der Waals surface area contributed by atoms with Crippen LogP contribution >= 0.6 is 11.6 Å². The Labute approximate surface area is 158 Å². The predicted molar refractivity (Wildman–Crippen MR) is 105 cm³/mol. The van der Waals surface area contributed by atoms with Gasteiger partial charge in [-0.15, -0.1) is 0 Å². The Hall–Kier alpha value is -2.59. The highest BCUT2D eigenvalue weighted by Crippen LogP contribution is 2.24. The summed E-state index contributed by atoms with van der Waals surface area (Å²) in [6.07, 6.45) is 0.945. The number of carbonyl (C=O) groups is 1. The van der Waals surface area contributed by atoms with Crippen LogP contribution in [0.15, 0.2) is 60.7 Å². The molecule has 1 aromatic heterocycles. The van der Waals surface area contributed by atoms with E-state index in [9.17, 15) is 4.79 Å². The molecule has 0 unspecified atom stereocenters. The van der Waals surface area contributed by atoms with Gasteiger partial charge in [0.1, 0.15) is 5.15 Å². The SMILES string of the molecule is CC[C@H](CNC(=O)c1c(C)nn(-c2ccccc2)c1Cl)c1ccccc1. The minimum absolute atomic E-state index is 0.191. The lowest BCUT2D eigenvalue weighted by Gasteiger charge is -2.16. The van der Waals surface area contributed by atoms with Gasteiger partial charge in [0.05, 0.1) is 16.9 Å². The fourth-order valence-electron chi connectivity index (χ4n) is 3.02. The number of halogens is 1. The summed E-state index contributed by atoms with van der Waals surface area (Å²) in [4.78, 5) is 12.7. The second kappa shape index (κ2) is 8.19. The first-order valence-electron chi connectivity index (χ1n) is 8.75. The average molecular weight is 368 g/mol. The van der Waals surface area contributed by atoms with Crippen molar-refractivity contribution in [2.75, 3.05) is 6.54 Å². The maximum atomic E-state index is 12.7. The standard InChI is InChI=1S/C21H22ClN3O/c1-3-16(17-10-6-4-7-11-17)14-23-21(26)19-15(2)24-25(20(19)22)18-12-8-5-9-13-18/h4-13,16H,3,14H2,1-2H3,(H,23,26)/t16-/m1/s1. The number of carbonyl (C=O) groups excluding carboxylic acids is 1. The Bertz CT molecular complexity index is 875. The van der Waals surface area contributed by atoms with Crippen molar-refractivity contribution in [2.45, 2.75) is 26.2 Å². The summed E-state index contributed by atoms with van der Waals surface area (Å²) in [5.74, 6) is 0.0764.